The largest absolute Gasteiger partial charge is 0.495 e. The highest BCUT2D eigenvalue weighted by Gasteiger charge is 2.30. The quantitative estimate of drug-likeness (QED) is 0.196. The Morgan fingerprint density at radius 1 is 1.00 bits per heavy atom. The smallest absolute Gasteiger partial charge is 0.270 e. The molecule has 3 rings (SSSR count). The normalized spacial score (nSPS) is 11.2. The van der Waals surface area contributed by atoms with Gasteiger partial charge in [0.15, 0.2) is 11.5 Å². The monoisotopic (exact) mass is 596 g/mol. The maximum Gasteiger partial charge on any atom is 0.270 e. The number of nitro benzene ring substituents is 1. The molecule has 12 nitrogen and oxygen atoms in total. The second-order valence-corrected chi connectivity index (χ2v) is 10.3. The summed E-state index contributed by atoms with van der Waals surface area (Å²) in [5, 5.41) is 15.1. The summed E-state index contributed by atoms with van der Waals surface area (Å²) >= 11 is 12.2. The summed E-state index contributed by atoms with van der Waals surface area (Å²) in [6, 6.07) is 11.9. The molecule has 1 amide bonds. The molecule has 0 aliphatic rings. The predicted molar refractivity (Wildman–Crippen MR) is 146 cm³/mol. The summed E-state index contributed by atoms with van der Waals surface area (Å²) in [5.41, 5.74) is 2.12. The van der Waals surface area contributed by atoms with Crippen LogP contribution >= 0.6 is 23.2 Å². The standard InChI is InChI=1S/C24H22Cl2N4O8S/c1-36-21-8-4-16(25)11-20(21)29(39(34,35)18-6-9-22(37-2)23(12-18)38-3)14-24(31)28-27-13-15-10-17(30(32)33)5-7-19(15)26/h4-13H,14H2,1-3H3,(H,28,31)/b27-13-. The third kappa shape index (κ3) is 6.88. The minimum atomic E-state index is -4.40. The van der Waals surface area contributed by atoms with Gasteiger partial charge in [0, 0.05) is 33.8 Å². The maximum atomic E-state index is 13.8. The Morgan fingerprint density at radius 3 is 2.31 bits per heavy atom. The van der Waals surface area contributed by atoms with E-state index in [1.54, 1.807) is 0 Å². The van der Waals surface area contributed by atoms with E-state index in [1.807, 2.05) is 0 Å². The number of amides is 1. The van der Waals surface area contributed by atoms with Crippen LogP contribution in [0.3, 0.4) is 0 Å². The van der Waals surface area contributed by atoms with Crippen molar-refractivity contribution in [1.29, 1.82) is 0 Å². The van der Waals surface area contributed by atoms with E-state index >= 15 is 0 Å². The Labute approximate surface area is 233 Å². The van der Waals surface area contributed by atoms with E-state index in [0.717, 1.165) is 10.5 Å². The van der Waals surface area contributed by atoms with Crippen molar-refractivity contribution in [1.82, 2.24) is 5.43 Å². The summed E-state index contributed by atoms with van der Waals surface area (Å²) < 4.78 is 44.1. The van der Waals surface area contributed by atoms with Gasteiger partial charge in [0.05, 0.1) is 43.1 Å². The minimum absolute atomic E-state index is 0.0133. The van der Waals surface area contributed by atoms with Gasteiger partial charge in [0.1, 0.15) is 12.3 Å². The zero-order valence-corrected chi connectivity index (χ0v) is 23.1. The first-order valence-corrected chi connectivity index (χ1v) is 13.1. The molecule has 1 N–H and O–H groups in total. The first kappa shape index (κ1) is 29.5. The fourth-order valence-electron chi connectivity index (χ4n) is 3.35. The van der Waals surface area contributed by atoms with Gasteiger partial charge in [-0.25, -0.2) is 13.8 Å². The molecule has 0 unspecified atom stereocenters. The number of methoxy groups -OCH3 is 3. The van der Waals surface area contributed by atoms with E-state index in [0.29, 0.717) is 5.75 Å². The highest BCUT2D eigenvalue weighted by molar-refractivity contribution is 7.92. The molecule has 0 bridgehead atoms. The van der Waals surface area contributed by atoms with Gasteiger partial charge in [-0.15, -0.1) is 0 Å². The van der Waals surface area contributed by atoms with Gasteiger partial charge in [-0.2, -0.15) is 5.10 Å². The maximum absolute atomic E-state index is 13.8. The van der Waals surface area contributed by atoms with Crippen LogP contribution in [-0.4, -0.2) is 53.3 Å². The summed E-state index contributed by atoms with van der Waals surface area (Å²) in [5.74, 6) is -0.267. The second kappa shape index (κ2) is 12.7. The van der Waals surface area contributed by atoms with E-state index < -0.39 is 27.4 Å². The highest BCUT2D eigenvalue weighted by Crippen LogP contribution is 2.37. The number of nitrogens with one attached hydrogen (secondary N) is 1. The van der Waals surface area contributed by atoms with Crippen LogP contribution in [-0.2, 0) is 14.8 Å². The van der Waals surface area contributed by atoms with Crippen molar-refractivity contribution >= 4 is 56.7 Å². The van der Waals surface area contributed by atoms with Crippen molar-refractivity contribution in [3.8, 4) is 17.2 Å². The fourth-order valence-corrected chi connectivity index (χ4v) is 5.12. The van der Waals surface area contributed by atoms with Crippen LogP contribution in [0.25, 0.3) is 0 Å². The van der Waals surface area contributed by atoms with Gasteiger partial charge in [-0.1, -0.05) is 23.2 Å². The molecule has 206 valence electrons. The summed E-state index contributed by atoms with van der Waals surface area (Å²) in [6.07, 6.45) is 1.10. The van der Waals surface area contributed by atoms with Gasteiger partial charge in [-0.05, 0) is 36.4 Å². The van der Waals surface area contributed by atoms with Crippen LogP contribution < -0.4 is 23.9 Å². The molecule has 0 heterocycles. The van der Waals surface area contributed by atoms with Crippen molar-refractivity contribution in [2.45, 2.75) is 4.90 Å². The molecule has 0 radical (unpaired) electrons. The average molecular weight is 597 g/mol. The molecule has 0 aromatic heterocycles. The van der Waals surface area contributed by atoms with E-state index in [4.69, 9.17) is 37.4 Å². The van der Waals surface area contributed by atoms with E-state index in [9.17, 15) is 23.3 Å². The Hall–Kier alpha value is -4.07. The molecular formula is C24H22Cl2N4O8S. The summed E-state index contributed by atoms with van der Waals surface area (Å²) in [6.45, 7) is -0.743. The number of halogens is 2. The van der Waals surface area contributed by atoms with Gasteiger partial charge in [-0.3, -0.25) is 19.2 Å². The molecule has 0 spiro atoms. The molecule has 0 saturated heterocycles. The van der Waals surface area contributed by atoms with Gasteiger partial charge in [0.2, 0.25) is 0 Å². The van der Waals surface area contributed by atoms with Crippen LogP contribution in [0.15, 0.2) is 64.6 Å². The molecule has 0 saturated carbocycles. The number of benzene rings is 3. The summed E-state index contributed by atoms with van der Waals surface area (Å²) in [7, 11) is -0.315. The molecule has 0 aliphatic heterocycles. The molecule has 0 aliphatic carbocycles. The Morgan fingerprint density at radius 2 is 1.67 bits per heavy atom. The van der Waals surface area contributed by atoms with Crippen molar-refractivity contribution < 1.29 is 32.3 Å². The third-order valence-corrected chi connectivity index (χ3v) is 7.56. The lowest BCUT2D eigenvalue weighted by molar-refractivity contribution is -0.384. The topological polar surface area (TPSA) is 150 Å². The number of rotatable bonds is 11. The highest BCUT2D eigenvalue weighted by atomic mass is 35.5. The number of non-ortho nitro benzene ring substituents is 1. The van der Waals surface area contributed by atoms with Gasteiger partial charge < -0.3 is 14.2 Å². The van der Waals surface area contributed by atoms with Crippen LogP contribution in [0.2, 0.25) is 10.0 Å². The number of nitro groups is 1. The average Bonchev–Trinajstić information content (AvgIpc) is 2.92. The van der Waals surface area contributed by atoms with Crippen molar-refractivity contribution in [3.05, 3.63) is 80.3 Å². The van der Waals surface area contributed by atoms with Crippen molar-refractivity contribution in [2.75, 3.05) is 32.2 Å². The second-order valence-electron chi connectivity index (χ2n) is 7.60. The molecule has 0 fully saturated rings. The van der Waals surface area contributed by atoms with Crippen molar-refractivity contribution in [2.24, 2.45) is 5.10 Å². The number of hydrogen-bond donors (Lipinski definition) is 1. The van der Waals surface area contributed by atoms with Crippen LogP contribution in [0.5, 0.6) is 17.2 Å². The number of nitrogens with zero attached hydrogens (tertiary/aromatic N) is 3. The number of carbonyl (C=O) groups is 1. The molecule has 3 aromatic rings. The Kier molecular flexibility index (Phi) is 9.56. The lowest BCUT2D eigenvalue weighted by atomic mass is 10.2. The SMILES string of the molecule is COc1ccc(S(=O)(=O)N(CC(=O)N/N=C\c2cc([N+](=O)[O-])ccc2Cl)c2cc(Cl)ccc2OC)cc1OC. The zero-order valence-electron chi connectivity index (χ0n) is 20.8. The molecular weight excluding hydrogens is 575 g/mol. The van der Waals surface area contributed by atoms with E-state index in [-0.39, 0.29) is 43.4 Å². The first-order chi connectivity index (χ1) is 18.5. The lowest BCUT2D eigenvalue weighted by Crippen LogP contribution is -2.39. The van der Waals surface area contributed by atoms with Crippen LogP contribution in [0.4, 0.5) is 11.4 Å². The first-order valence-electron chi connectivity index (χ1n) is 10.9. The van der Waals surface area contributed by atoms with Gasteiger partial charge >= 0.3 is 0 Å². The molecule has 0 atom stereocenters. The van der Waals surface area contributed by atoms with Crippen molar-refractivity contribution in [3.63, 3.8) is 0 Å². The summed E-state index contributed by atoms with van der Waals surface area (Å²) in [4.78, 5) is 23.1. The Bertz CT molecular complexity index is 1530. The third-order valence-electron chi connectivity index (χ3n) is 5.22. The van der Waals surface area contributed by atoms with Gasteiger partial charge in [0.25, 0.3) is 21.6 Å². The number of carbonyl (C=O) groups excluding carboxylic acids is 1. The van der Waals surface area contributed by atoms with E-state index in [1.165, 1.54) is 75.9 Å². The molecule has 39 heavy (non-hydrogen) atoms. The molecule has 15 heteroatoms. The zero-order chi connectivity index (χ0) is 28.7. The number of ether oxygens (including phenoxy) is 3. The Balaban J connectivity index is 1.98. The molecule has 3 aromatic carbocycles. The number of hydrogen-bond acceptors (Lipinski definition) is 9. The van der Waals surface area contributed by atoms with Crippen LogP contribution in [0.1, 0.15) is 5.56 Å². The van der Waals surface area contributed by atoms with Crippen LogP contribution in [0, 0.1) is 10.1 Å². The predicted octanol–water partition coefficient (Wildman–Crippen LogP) is 4.27. The number of anilines is 1. The number of sulfonamides is 1. The lowest BCUT2D eigenvalue weighted by Gasteiger charge is -2.25. The number of hydrazone groups is 1. The van der Waals surface area contributed by atoms with E-state index in [2.05, 4.69) is 10.5 Å². The minimum Gasteiger partial charge on any atom is -0.495 e. The fraction of sp³-hybridized carbons (Fsp3) is 0.167.